The Hall–Kier alpha value is -0.0400. The number of hydrogen-bond acceptors (Lipinski definition) is 1. The Labute approximate surface area is 76.7 Å². The zero-order chi connectivity index (χ0) is 8.97. The first-order valence-corrected chi connectivity index (χ1v) is 5.45. The van der Waals surface area contributed by atoms with Gasteiger partial charge in [-0.2, -0.15) is 0 Å². The SMILES string of the molecule is CC1CCCC(C(C)N)CCC1. The van der Waals surface area contributed by atoms with E-state index in [0.717, 1.165) is 11.8 Å². The fraction of sp³-hybridized carbons (Fsp3) is 1.00. The van der Waals surface area contributed by atoms with Crippen LogP contribution >= 0.6 is 0 Å². The fourth-order valence-corrected chi connectivity index (χ4v) is 2.27. The van der Waals surface area contributed by atoms with Crippen molar-refractivity contribution in [2.75, 3.05) is 0 Å². The van der Waals surface area contributed by atoms with Crippen molar-refractivity contribution in [3.8, 4) is 0 Å². The summed E-state index contributed by atoms with van der Waals surface area (Å²) in [5.74, 6) is 1.76. The Morgan fingerprint density at radius 2 is 1.58 bits per heavy atom. The van der Waals surface area contributed by atoms with E-state index in [9.17, 15) is 0 Å². The fourth-order valence-electron chi connectivity index (χ4n) is 2.27. The standard InChI is InChI=1S/C11H23N/c1-9-5-3-7-11(10(2)12)8-4-6-9/h9-11H,3-8,12H2,1-2H3. The molecule has 0 aliphatic heterocycles. The maximum absolute atomic E-state index is 5.92. The van der Waals surface area contributed by atoms with Gasteiger partial charge < -0.3 is 5.73 Å². The molecule has 1 saturated carbocycles. The van der Waals surface area contributed by atoms with E-state index in [-0.39, 0.29) is 0 Å². The van der Waals surface area contributed by atoms with Gasteiger partial charge in [-0.25, -0.2) is 0 Å². The molecule has 1 atom stereocenters. The first-order valence-electron chi connectivity index (χ1n) is 5.45. The summed E-state index contributed by atoms with van der Waals surface area (Å²) >= 11 is 0. The van der Waals surface area contributed by atoms with E-state index in [4.69, 9.17) is 5.73 Å². The van der Waals surface area contributed by atoms with Crippen LogP contribution in [0.15, 0.2) is 0 Å². The van der Waals surface area contributed by atoms with Crippen molar-refractivity contribution in [1.82, 2.24) is 0 Å². The molecular weight excluding hydrogens is 146 g/mol. The van der Waals surface area contributed by atoms with E-state index >= 15 is 0 Å². The van der Waals surface area contributed by atoms with Gasteiger partial charge in [0.15, 0.2) is 0 Å². The highest BCUT2D eigenvalue weighted by atomic mass is 14.6. The van der Waals surface area contributed by atoms with Crippen molar-refractivity contribution in [1.29, 1.82) is 0 Å². The molecule has 1 unspecified atom stereocenters. The van der Waals surface area contributed by atoms with Crippen LogP contribution in [0, 0.1) is 11.8 Å². The van der Waals surface area contributed by atoms with Crippen molar-refractivity contribution in [2.24, 2.45) is 17.6 Å². The molecule has 0 saturated heterocycles. The third-order valence-electron chi connectivity index (χ3n) is 3.29. The Bertz CT molecular complexity index is 110. The van der Waals surface area contributed by atoms with Crippen LogP contribution in [-0.2, 0) is 0 Å². The Balaban J connectivity index is 2.30. The summed E-state index contributed by atoms with van der Waals surface area (Å²) in [7, 11) is 0. The van der Waals surface area contributed by atoms with Crippen LogP contribution in [0.25, 0.3) is 0 Å². The van der Waals surface area contributed by atoms with Crippen LogP contribution in [0.4, 0.5) is 0 Å². The maximum Gasteiger partial charge on any atom is 0.00387 e. The van der Waals surface area contributed by atoms with Crippen LogP contribution in [0.2, 0.25) is 0 Å². The molecule has 0 spiro atoms. The molecule has 0 bridgehead atoms. The molecule has 0 amide bonds. The summed E-state index contributed by atoms with van der Waals surface area (Å²) in [6.07, 6.45) is 8.36. The molecule has 0 aromatic heterocycles. The first kappa shape index (κ1) is 10.0. The minimum absolute atomic E-state index is 0.415. The smallest absolute Gasteiger partial charge is 0.00387 e. The summed E-state index contributed by atoms with van der Waals surface area (Å²) in [5, 5.41) is 0. The van der Waals surface area contributed by atoms with Gasteiger partial charge in [-0.15, -0.1) is 0 Å². The van der Waals surface area contributed by atoms with Crippen molar-refractivity contribution < 1.29 is 0 Å². The lowest BCUT2D eigenvalue weighted by Crippen LogP contribution is -2.27. The molecule has 1 aliphatic rings. The van der Waals surface area contributed by atoms with Gasteiger partial charge in [0.05, 0.1) is 0 Å². The van der Waals surface area contributed by atoms with E-state index in [1.807, 2.05) is 0 Å². The molecule has 0 heterocycles. The van der Waals surface area contributed by atoms with Crippen LogP contribution < -0.4 is 5.73 Å². The molecule has 0 aromatic rings. The molecule has 1 nitrogen and oxygen atoms in total. The average molecular weight is 169 g/mol. The summed E-state index contributed by atoms with van der Waals surface area (Å²) in [6.45, 7) is 4.54. The lowest BCUT2D eigenvalue weighted by atomic mass is 9.84. The summed E-state index contributed by atoms with van der Waals surface area (Å²) in [6, 6.07) is 0.415. The van der Waals surface area contributed by atoms with Crippen molar-refractivity contribution in [3.63, 3.8) is 0 Å². The predicted octanol–water partition coefficient (Wildman–Crippen LogP) is 2.94. The second-order valence-corrected chi connectivity index (χ2v) is 4.59. The first-order chi connectivity index (χ1) is 5.70. The molecule has 1 rings (SSSR count). The van der Waals surface area contributed by atoms with Gasteiger partial charge in [-0.3, -0.25) is 0 Å². The molecule has 1 fully saturated rings. The lowest BCUT2D eigenvalue weighted by molar-refractivity contribution is 0.302. The molecule has 72 valence electrons. The quantitative estimate of drug-likeness (QED) is 0.641. The Morgan fingerprint density at radius 1 is 1.08 bits per heavy atom. The highest BCUT2D eigenvalue weighted by Gasteiger charge is 2.16. The number of nitrogens with two attached hydrogens (primary N) is 1. The van der Waals surface area contributed by atoms with E-state index in [1.165, 1.54) is 38.5 Å². The topological polar surface area (TPSA) is 26.0 Å². The lowest BCUT2D eigenvalue weighted by Gasteiger charge is -2.25. The molecule has 0 aromatic carbocycles. The second-order valence-electron chi connectivity index (χ2n) is 4.59. The monoisotopic (exact) mass is 169 g/mol. The highest BCUT2D eigenvalue weighted by Crippen LogP contribution is 2.26. The molecule has 2 N–H and O–H groups in total. The van der Waals surface area contributed by atoms with Gasteiger partial charge in [-0.1, -0.05) is 32.6 Å². The number of rotatable bonds is 1. The van der Waals surface area contributed by atoms with Crippen LogP contribution in [0.5, 0.6) is 0 Å². The molecular formula is C11H23N. The Morgan fingerprint density at radius 3 is 2.00 bits per heavy atom. The van der Waals surface area contributed by atoms with Crippen LogP contribution in [0.3, 0.4) is 0 Å². The van der Waals surface area contributed by atoms with E-state index in [1.54, 1.807) is 0 Å². The third-order valence-corrected chi connectivity index (χ3v) is 3.29. The third kappa shape index (κ3) is 3.14. The van der Waals surface area contributed by atoms with E-state index in [0.29, 0.717) is 6.04 Å². The zero-order valence-electron chi connectivity index (χ0n) is 8.55. The van der Waals surface area contributed by atoms with E-state index in [2.05, 4.69) is 13.8 Å². The molecule has 1 aliphatic carbocycles. The van der Waals surface area contributed by atoms with Crippen molar-refractivity contribution in [2.45, 2.75) is 58.4 Å². The largest absolute Gasteiger partial charge is 0.328 e. The van der Waals surface area contributed by atoms with Crippen molar-refractivity contribution >= 4 is 0 Å². The minimum atomic E-state index is 0.415. The summed E-state index contributed by atoms with van der Waals surface area (Å²) in [5.41, 5.74) is 5.92. The van der Waals surface area contributed by atoms with Crippen molar-refractivity contribution in [3.05, 3.63) is 0 Å². The van der Waals surface area contributed by atoms with Crippen LogP contribution in [-0.4, -0.2) is 6.04 Å². The summed E-state index contributed by atoms with van der Waals surface area (Å²) in [4.78, 5) is 0. The predicted molar refractivity (Wildman–Crippen MR) is 54.0 cm³/mol. The van der Waals surface area contributed by atoms with Gasteiger partial charge in [0.25, 0.3) is 0 Å². The summed E-state index contributed by atoms with van der Waals surface area (Å²) < 4.78 is 0. The van der Waals surface area contributed by atoms with Crippen LogP contribution in [0.1, 0.15) is 52.4 Å². The van der Waals surface area contributed by atoms with Gasteiger partial charge in [0.1, 0.15) is 0 Å². The maximum atomic E-state index is 5.92. The Kier molecular flexibility index (Phi) is 4.07. The van der Waals surface area contributed by atoms with Gasteiger partial charge in [0, 0.05) is 6.04 Å². The average Bonchev–Trinajstić information content (AvgIpc) is 1.95. The molecule has 12 heavy (non-hydrogen) atoms. The normalized spacial score (nSPS) is 35.2. The van der Waals surface area contributed by atoms with Gasteiger partial charge >= 0.3 is 0 Å². The van der Waals surface area contributed by atoms with E-state index < -0.39 is 0 Å². The van der Waals surface area contributed by atoms with Gasteiger partial charge in [-0.05, 0) is 31.6 Å². The number of hydrogen-bond donors (Lipinski definition) is 1. The second kappa shape index (κ2) is 4.86. The zero-order valence-corrected chi connectivity index (χ0v) is 8.55. The molecule has 1 heteroatoms. The highest BCUT2D eigenvalue weighted by molar-refractivity contribution is 4.72. The molecule has 0 radical (unpaired) electrons. The van der Waals surface area contributed by atoms with Gasteiger partial charge in [0.2, 0.25) is 0 Å². The minimum Gasteiger partial charge on any atom is -0.328 e.